The van der Waals surface area contributed by atoms with Gasteiger partial charge in [-0.05, 0) is 18.6 Å². The highest BCUT2D eigenvalue weighted by atomic mass is 32.1. The van der Waals surface area contributed by atoms with E-state index in [2.05, 4.69) is 41.5 Å². The minimum absolute atomic E-state index is 0.208. The van der Waals surface area contributed by atoms with Crippen molar-refractivity contribution >= 4 is 22.4 Å². The van der Waals surface area contributed by atoms with Crippen molar-refractivity contribution in [2.45, 2.75) is 13.3 Å². The van der Waals surface area contributed by atoms with Crippen LogP contribution in [-0.2, 0) is 6.42 Å². The van der Waals surface area contributed by atoms with Crippen molar-refractivity contribution in [2.75, 3.05) is 5.32 Å². The van der Waals surface area contributed by atoms with E-state index in [1.807, 2.05) is 0 Å². The van der Waals surface area contributed by atoms with Crippen LogP contribution in [0.25, 0.3) is 0 Å². The zero-order chi connectivity index (χ0) is 14.7. The molecule has 0 aliphatic rings. The molecular weight excluding hydrogens is 284 g/mol. The van der Waals surface area contributed by atoms with E-state index in [-0.39, 0.29) is 5.91 Å². The van der Waals surface area contributed by atoms with Crippen molar-refractivity contribution in [3.8, 4) is 0 Å². The first-order chi connectivity index (χ1) is 10.2. The molecule has 106 valence electrons. The van der Waals surface area contributed by atoms with Crippen LogP contribution < -0.4 is 5.32 Å². The van der Waals surface area contributed by atoms with E-state index in [0.29, 0.717) is 10.7 Å². The van der Waals surface area contributed by atoms with Gasteiger partial charge in [-0.15, -0.1) is 11.3 Å². The quantitative estimate of drug-likeness (QED) is 0.795. The molecule has 2 aromatic heterocycles. The number of thiazole rings is 1. The Kier molecular flexibility index (Phi) is 3.83. The Hall–Kier alpha value is -2.40. The molecule has 21 heavy (non-hydrogen) atoms. The zero-order valence-electron chi connectivity index (χ0n) is 11.5. The molecule has 4 nitrogen and oxygen atoms in total. The van der Waals surface area contributed by atoms with Crippen LogP contribution >= 0.6 is 11.3 Å². The fraction of sp³-hybridized carbons (Fsp3) is 0.125. The van der Waals surface area contributed by atoms with Gasteiger partial charge in [0, 0.05) is 17.5 Å². The summed E-state index contributed by atoms with van der Waals surface area (Å²) in [6, 6.07) is 10.0. The van der Waals surface area contributed by atoms with Crippen molar-refractivity contribution in [1.29, 1.82) is 0 Å². The molecule has 1 aromatic carbocycles. The molecule has 5 heteroatoms. The fourth-order valence-corrected chi connectivity index (χ4v) is 2.76. The Balaban J connectivity index is 1.66. The van der Waals surface area contributed by atoms with Gasteiger partial charge in [0.25, 0.3) is 5.91 Å². The number of amides is 1. The Morgan fingerprint density at radius 2 is 2.10 bits per heavy atom. The van der Waals surface area contributed by atoms with Crippen molar-refractivity contribution in [2.24, 2.45) is 0 Å². The molecule has 3 rings (SSSR count). The second-order valence-corrected chi connectivity index (χ2v) is 5.88. The third kappa shape index (κ3) is 3.38. The van der Waals surface area contributed by atoms with Crippen LogP contribution in [0.2, 0.25) is 0 Å². The molecule has 0 unspecified atom stereocenters. The van der Waals surface area contributed by atoms with E-state index in [1.54, 1.807) is 12.3 Å². The Bertz CT molecular complexity index is 730. The number of benzene rings is 1. The van der Waals surface area contributed by atoms with Gasteiger partial charge in [-0.1, -0.05) is 29.8 Å². The summed E-state index contributed by atoms with van der Waals surface area (Å²) in [4.78, 5) is 17.2. The maximum atomic E-state index is 11.9. The van der Waals surface area contributed by atoms with Gasteiger partial charge in [0.15, 0.2) is 5.13 Å². The first kappa shape index (κ1) is 13.6. The number of carbonyl (C=O) groups is 1. The Labute approximate surface area is 126 Å². The summed E-state index contributed by atoms with van der Waals surface area (Å²) in [5, 5.41) is 3.37. The molecule has 1 amide bonds. The van der Waals surface area contributed by atoms with E-state index in [9.17, 15) is 4.79 Å². The fourth-order valence-electron chi connectivity index (χ4n) is 1.92. The van der Waals surface area contributed by atoms with Crippen LogP contribution in [0.5, 0.6) is 0 Å². The third-order valence-electron chi connectivity index (χ3n) is 3.06. The lowest BCUT2D eigenvalue weighted by Crippen LogP contribution is -2.10. The summed E-state index contributed by atoms with van der Waals surface area (Å²) < 4.78 is 4.89. The van der Waals surface area contributed by atoms with Gasteiger partial charge >= 0.3 is 0 Å². The second kappa shape index (κ2) is 5.93. The first-order valence-corrected chi connectivity index (χ1v) is 7.36. The minimum atomic E-state index is -0.208. The molecule has 2 heterocycles. The first-order valence-electron chi connectivity index (χ1n) is 6.54. The average Bonchev–Trinajstić information content (AvgIpc) is 3.13. The van der Waals surface area contributed by atoms with E-state index in [1.165, 1.54) is 35.0 Å². The molecule has 0 spiro atoms. The number of furan rings is 1. The van der Waals surface area contributed by atoms with E-state index in [4.69, 9.17) is 4.42 Å². The standard InChI is InChI=1S/C16H14N2O2S/c1-11-2-4-12(5-3-11)8-14-9-17-16(21-14)18-15(19)13-6-7-20-10-13/h2-7,9-10H,8H2,1H3,(H,17,18,19). The molecule has 0 radical (unpaired) electrons. The number of nitrogens with one attached hydrogen (secondary N) is 1. The van der Waals surface area contributed by atoms with Gasteiger partial charge in [0.1, 0.15) is 6.26 Å². The molecule has 0 fully saturated rings. The summed E-state index contributed by atoms with van der Waals surface area (Å²) in [6.45, 7) is 2.07. The van der Waals surface area contributed by atoms with Gasteiger partial charge in [-0.2, -0.15) is 0 Å². The van der Waals surface area contributed by atoms with E-state index < -0.39 is 0 Å². The van der Waals surface area contributed by atoms with Crippen LogP contribution in [-0.4, -0.2) is 10.9 Å². The summed E-state index contributed by atoms with van der Waals surface area (Å²) in [7, 11) is 0. The van der Waals surface area contributed by atoms with E-state index in [0.717, 1.165) is 11.3 Å². The topological polar surface area (TPSA) is 55.1 Å². The maximum absolute atomic E-state index is 11.9. The number of hydrogen-bond donors (Lipinski definition) is 1. The SMILES string of the molecule is Cc1ccc(Cc2cnc(NC(=O)c3ccoc3)s2)cc1. The van der Waals surface area contributed by atoms with Crippen LogP contribution in [0.15, 0.2) is 53.5 Å². The van der Waals surface area contributed by atoms with Crippen molar-refractivity contribution in [3.63, 3.8) is 0 Å². The third-order valence-corrected chi connectivity index (χ3v) is 3.97. The molecular formula is C16H14N2O2S. The number of aromatic nitrogens is 1. The highest BCUT2D eigenvalue weighted by molar-refractivity contribution is 7.15. The van der Waals surface area contributed by atoms with Gasteiger partial charge < -0.3 is 4.42 Å². The second-order valence-electron chi connectivity index (χ2n) is 4.76. The van der Waals surface area contributed by atoms with Crippen LogP contribution in [0, 0.1) is 6.92 Å². The number of carbonyl (C=O) groups excluding carboxylic acids is 1. The zero-order valence-corrected chi connectivity index (χ0v) is 12.3. The van der Waals surface area contributed by atoms with Gasteiger partial charge in [0.05, 0.1) is 11.8 Å². The lowest BCUT2D eigenvalue weighted by atomic mass is 10.1. The highest BCUT2D eigenvalue weighted by Gasteiger charge is 2.10. The maximum Gasteiger partial charge on any atom is 0.260 e. The molecule has 1 N–H and O–H groups in total. The van der Waals surface area contributed by atoms with Crippen LogP contribution in [0.3, 0.4) is 0 Å². The van der Waals surface area contributed by atoms with Crippen molar-refractivity contribution < 1.29 is 9.21 Å². The van der Waals surface area contributed by atoms with Crippen molar-refractivity contribution in [1.82, 2.24) is 4.98 Å². The molecule has 0 atom stereocenters. The normalized spacial score (nSPS) is 10.5. The smallest absolute Gasteiger partial charge is 0.260 e. The minimum Gasteiger partial charge on any atom is -0.472 e. The molecule has 0 bridgehead atoms. The molecule has 0 saturated carbocycles. The van der Waals surface area contributed by atoms with Gasteiger partial charge in [-0.25, -0.2) is 4.98 Å². The van der Waals surface area contributed by atoms with Gasteiger partial charge in [-0.3, -0.25) is 10.1 Å². The molecule has 0 aliphatic heterocycles. The van der Waals surface area contributed by atoms with E-state index >= 15 is 0 Å². The highest BCUT2D eigenvalue weighted by Crippen LogP contribution is 2.22. The number of rotatable bonds is 4. The summed E-state index contributed by atoms with van der Waals surface area (Å²) in [6.07, 6.45) is 5.50. The predicted octanol–water partition coefficient (Wildman–Crippen LogP) is 3.89. The Morgan fingerprint density at radius 3 is 2.81 bits per heavy atom. The lowest BCUT2D eigenvalue weighted by molar-refractivity contribution is 0.102. The lowest BCUT2D eigenvalue weighted by Gasteiger charge is -1.99. The Morgan fingerprint density at radius 1 is 1.29 bits per heavy atom. The summed E-state index contributed by atoms with van der Waals surface area (Å²) in [5.41, 5.74) is 2.97. The summed E-state index contributed by atoms with van der Waals surface area (Å²) >= 11 is 1.48. The van der Waals surface area contributed by atoms with Crippen LogP contribution in [0.4, 0.5) is 5.13 Å². The van der Waals surface area contributed by atoms with Gasteiger partial charge in [0.2, 0.25) is 0 Å². The molecule has 0 saturated heterocycles. The number of nitrogens with zero attached hydrogens (tertiary/aromatic N) is 1. The summed E-state index contributed by atoms with van der Waals surface area (Å²) in [5.74, 6) is -0.208. The van der Waals surface area contributed by atoms with Crippen LogP contribution in [0.1, 0.15) is 26.4 Å². The average molecular weight is 298 g/mol. The molecule has 0 aliphatic carbocycles. The number of hydrogen-bond acceptors (Lipinski definition) is 4. The number of aryl methyl sites for hydroxylation is 1. The largest absolute Gasteiger partial charge is 0.472 e. The van der Waals surface area contributed by atoms with Crippen molar-refractivity contribution in [3.05, 3.63) is 70.6 Å². The predicted molar refractivity (Wildman–Crippen MR) is 82.8 cm³/mol. The number of anilines is 1. The molecule has 3 aromatic rings. The monoisotopic (exact) mass is 298 g/mol.